The van der Waals surface area contributed by atoms with Crippen LogP contribution in [0.25, 0.3) is 0 Å². The van der Waals surface area contributed by atoms with Gasteiger partial charge in [-0.05, 0) is 56.9 Å². The molecule has 0 aliphatic heterocycles. The first-order chi connectivity index (χ1) is 9.54. The molecule has 0 saturated carbocycles. The summed E-state index contributed by atoms with van der Waals surface area (Å²) in [7, 11) is 0. The van der Waals surface area contributed by atoms with Crippen molar-refractivity contribution in [1.29, 1.82) is 0 Å². The van der Waals surface area contributed by atoms with Gasteiger partial charge >= 0.3 is 0 Å². The lowest BCUT2D eigenvalue weighted by atomic mass is 10.0. The summed E-state index contributed by atoms with van der Waals surface area (Å²) in [6.07, 6.45) is 2.20. The Labute approximate surface area is 127 Å². The molecule has 2 heteroatoms. The average molecular weight is 288 g/mol. The van der Waals surface area contributed by atoms with Gasteiger partial charge in [0.25, 0.3) is 0 Å². The molecular formula is C18H22ClN. The normalized spacial score (nSPS) is 12.2. The number of hydrogen-bond acceptors (Lipinski definition) is 1. The zero-order chi connectivity index (χ0) is 14.5. The van der Waals surface area contributed by atoms with Gasteiger partial charge in [0.2, 0.25) is 0 Å². The van der Waals surface area contributed by atoms with E-state index in [1.807, 2.05) is 13.0 Å². The van der Waals surface area contributed by atoms with Crippen LogP contribution >= 0.6 is 11.6 Å². The van der Waals surface area contributed by atoms with Crippen LogP contribution in [0, 0.1) is 13.8 Å². The molecule has 1 N–H and O–H groups in total. The fraction of sp³-hybridized carbons (Fsp3) is 0.333. The van der Waals surface area contributed by atoms with Crippen LogP contribution in [0.3, 0.4) is 0 Å². The average Bonchev–Trinajstić information content (AvgIpc) is 2.41. The molecule has 0 aliphatic carbocycles. The molecule has 0 aromatic heterocycles. The smallest absolute Gasteiger partial charge is 0.0455 e. The second-order valence-corrected chi connectivity index (χ2v) is 5.94. The summed E-state index contributed by atoms with van der Waals surface area (Å²) in [4.78, 5) is 0. The van der Waals surface area contributed by atoms with Crippen LogP contribution in [0.1, 0.15) is 30.0 Å². The third-order valence-electron chi connectivity index (χ3n) is 3.53. The van der Waals surface area contributed by atoms with E-state index in [0.29, 0.717) is 6.04 Å². The molecule has 0 saturated heterocycles. The molecule has 0 bridgehead atoms. The maximum Gasteiger partial charge on any atom is 0.0455 e. The Bertz CT molecular complexity index is 577. The lowest BCUT2D eigenvalue weighted by Crippen LogP contribution is -2.16. The van der Waals surface area contributed by atoms with Gasteiger partial charge in [-0.15, -0.1) is 0 Å². The van der Waals surface area contributed by atoms with Crippen LogP contribution in [0.5, 0.6) is 0 Å². The van der Waals surface area contributed by atoms with E-state index in [0.717, 1.165) is 29.1 Å². The minimum absolute atomic E-state index is 0.425. The number of halogens is 1. The molecule has 2 aromatic carbocycles. The zero-order valence-electron chi connectivity index (χ0n) is 12.4. The molecule has 20 heavy (non-hydrogen) atoms. The fourth-order valence-corrected chi connectivity index (χ4v) is 2.47. The van der Waals surface area contributed by atoms with Gasteiger partial charge in [0.05, 0.1) is 0 Å². The molecule has 2 rings (SSSR count). The molecule has 0 aliphatic rings. The highest BCUT2D eigenvalue weighted by Crippen LogP contribution is 2.21. The largest absolute Gasteiger partial charge is 0.383 e. The van der Waals surface area contributed by atoms with Gasteiger partial charge in [-0.1, -0.05) is 47.5 Å². The summed E-state index contributed by atoms with van der Waals surface area (Å²) in [5.41, 5.74) is 4.94. The molecule has 106 valence electrons. The molecule has 1 unspecified atom stereocenters. The summed E-state index contributed by atoms with van der Waals surface area (Å²) in [6.45, 7) is 6.37. The molecule has 1 atom stereocenters. The second kappa shape index (κ2) is 6.81. The van der Waals surface area contributed by atoms with Gasteiger partial charge in [-0.3, -0.25) is 0 Å². The summed E-state index contributed by atoms with van der Waals surface area (Å²) in [5.74, 6) is 0. The summed E-state index contributed by atoms with van der Waals surface area (Å²) in [5, 5.41) is 4.33. The Morgan fingerprint density at radius 3 is 2.60 bits per heavy atom. The van der Waals surface area contributed by atoms with E-state index in [2.05, 4.69) is 55.6 Å². The molecular weight excluding hydrogens is 266 g/mol. The van der Waals surface area contributed by atoms with E-state index in [-0.39, 0.29) is 0 Å². The Hall–Kier alpha value is -1.47. The third-order valence-corrected chi connectivity index (χ3v) is 3.94. The Morgan fingerprint density at radius 2 is 1.90 bits per heavy atom. The van der Waals surface area contributed by atoms with Crippen molar-refractivity contribution in [2.75, 3.05) is 5.32 Å². The van der Waals surface area contributed by atoms with Gasteiger partial charge < -0.3 is 5.32 Å². The van der Waals surface area contributed by atoms with E-state index in [9.17, 15) is 0 Å². The quantitative estimate of drug-likeness (QED) is 0.777. The highest BCUT2D eigenvalue weighted by atomic mass is 35.5. The first-order valence-corrected chi connectivity index (χ1v) is 7.50. The fourth-order valence-electron chi connectivity index (χ4n) is 2.29. The van der Waals surface area contributed by atoms with Gasteiger partial charge in [-0.2, -0.15) is 0 Å². The van der Waals surface area contributed by atoms with E-state index in [4.69, 9.17) is 11.6 Å². The van der Waals surface area contributed by atoms with E-state index >= 15 is 0 Å². The van der Waals surface area contributed by atoms with Crippen molar-refractivity contribution in [1.82, 2.24) is 0 Å². The lowest BCUT2D eigenvalue weighted by Gasteiger charge is -2.16. The van der Waals surface area contributed by atoms with Crippen molar-refractivity contribution in [3.63, 3.8) is 0 Å². The van der Waals surface area contributed by atoms with Crippen molar-refractivity contribution >= 4 is 17.3 Å². The number of benzene rings is 2. The van der Waals surface area contributed by atoms with Crippen molar-refractivity contribution in [2.45, 2.75) is 39.7 Å². The van der Waals surface area contributed by atoms with Crippen LogP contribution < -0.4 is 5.32 Å². The zero-order valence-corrected chi connectivity index (χ0v) is 13.2. The van der Waals surface area contributed by atoms with E-state index in [1.165, 1.54) is 11.1 Å². The van der Waals surface area contributed by atoms with Crippen LogP contribution in [0.15, 0.2) is 42.5 Å². The van der Waals surface area contributed by atoms with Crippen molar-refractivity contribution in [3.8, 4) is 0 Å². The summed E-state index contributed by atoms with van der Waals surface area (Å²) < 4.78 is 0. The van der Waals surface area contributed by atoms with Crippen LogP contribution in [0.4, 0.5) is 5.69 Å². The van der Waals surface area contributed by atoms with Gasteiger partial charge in [-0.25, -0.2) is 0 Å². The minimum Gasteiger partial charge on any atom is -0.383 e. The Morgan fingerprint density at radius 1 is 1.10 bits per heavy atom. The number of hydrogen-bond donors (Lipinski definition) is 1. The molecule has 0 radical (unpaired) electrons. The molecule has 1 nitrogen and oxygen atoms in total. The van der Waals surface area contributed by atoms with Gasteiger partial charge in [0.1, 0.15) is 0 Å². The number of nitrogens with one attached hydrogen (secondary N) is 1. The maximum atomic E-state index is 6.15. The second-order valence-electron chi connectivity index (χ2n) is 5.54. The molecule has 0 spiro atoms. The monoisotopic (exact) mass is 287 g/mol. The molecule has 2 aromatic rings. The minimum atomic E-state index is 0.425. The lowest BCUT2D eigenvalue weighted by molar-refractivity contribution is 0.706. The van der Waals surface area contributed by atoms with Crippen LogP contribution in [0.2, 0.25) is 5.02 Å². The molecule has 0 heterocycles. The third kappa shape index (κ3) is 4.28. The van der Waals surface area contributed by atoms with E-state index in [1.54, 1.807) is 0 Å². The van der Waals surface area contributed by atoms with Gasteiger partial charge in [0, 0.05) is 16.8 Å². The highest BCUT2D eigenvalue weighted by molar-refractivity contribution is 6.31. The predicted octanol–water partition coefficient (Wildman–Crippen LogP) is 5.39. The first-order valence-electron chi connectivity index (χ1n) is 7.13. The number of anilines is 1. The van der Waals surface area contributed by atoms with Crippen LogP contribution in [-0.4, -0.2) is 6.04 Å². The van der Waals surface area contributed by atoms with Crippen molar-refractivity contribution in [2.24, 2.45) is 0 Å². The summed E-state index contributed by atoms with van der Waals surface area (Å²) in [6, 6.07) is 15.3. The number of rotatable bonds is 5. The predicted molar refractivity (Wildman–Crippen MR) is 88.8 cm³/mol. The summed E-state index contributed by atoms with van der Waals surface area (Å²) >= 11 is 6.15. The first kappa shape index (κ1) is 14.9. The van der Waals surface area contributed by atoms with Crippen molar-refractivity contribution in [3.05, 3.63) is 64.2 Å². The SMILES string of the molecule is Cc1cccc(CCC(C)Nc2ccc(C)c(Cl)c2)c1. The topological polar surface area (TPSA) is 12.0 Å². The van der Waals surface area contributed by atoms with Crippen LogP contribution in [-0.2, 0) is 6.42 Å². The standard InChI is InChI=1S/C18H22ClN/c1-13-5-4-6-16(11-13)9-8-15(3)20-17-10-7-14(2)18(19)12-17/h4-7,10-12,15,20H,8-9H2,1-3H3. The highest BCUT2D eigenvalue weighted by Gasteiger charge is 2.04. The molecule has 0 amide bonds. The van der Waals surface area contributed by atoms with E-state index < -0.39 is 0 Å². The number of aryl methyl sites for hydroxylation is 3. The Kier molecular flexibility index (Phi) is 5.08. The maximum absolute atomic E-state index is 6.15. The van der Waals surface area contributed by atoms with Gasteiger partial charge in [0.15, 0.2) is 0 Å². The molecule has 0 fully saturated rings. The van der Waals surface area contributed by atoms with Crippen molar-refractivity contribution < 1.29 is 0 Å². The Balaban J connectivity index is 1.89.